The van der Waals surface area contributed by atoms with Crippen LogP contribution in [0.25, 0.3) is 11.0 Å². The molecular weight excluding hydrogens is 178 g/mol. The van der Waals surface area contributed by atoms with Crippen molar-refractivity contribution >= 4 is 16.8 Å². The summed E-state index contributed by atoms with van der Waals surface area (Å²) in [6.07, 6.45) is 5.27. The summed E-state index contributed by atoms with van der Waals surface area (Å²) in [7, 11) is 0. The van der Waals surface area contributed by atoms with Crippen LogP contribution in [0.5, 0.6) is 0 Å². The van der Waals surface area contributed by atoms with Gasteiger partial charge in [0, 0.05) is 18.8 Å². The Kier molecular flexibility index (Phi) is 2.18. The van der Waals surface area contributed by atoms with E-state index in [0.717, 1.165) is 11.0 Å². The lowest BCUT2D eigenvalue weighted by atomic mass is 10.2. The van der Waals surface area contributed by atoms with E-state index in [1.165, 1.54) is 6.92 Å². The molecule has 0 aromatic carbocycles. The molecule has 0 fully saturated rings. The van der Waals surface area contributed by atoms with E-state index in [1.54, 1.807) is 24.7 Å². The number of aromatic nitrogens is 3. The van der Waals surface area contributed by atoms with E-state index in [1.807, 2.05) is 0 Å². The minimum atomic E-state index is 0.0857. The number of hydrogen-bond acceptors (Lipinski definition) is 4. The number of ketones is 1. The van der Waals surface area contributed by atoms with Crippen LogP contribution in [0.4, 0.5) is 0 Å². The second-order valence-corrected chi connectivity index (χ2v) is 3.10. The van der Waals surface area contributed by atoms with Gasteiger partial charge in [-0.3, -0.25) is 14.8 Å². The quantitative estimate of drug-likeness (QED) is 0.707. The molecule has 2 rings (SSSR count). The molecule has 0 saturated heterocycles. The molecule has 2 aromatic rings. The van der Waals surface area contributed by atoms with Crippen LogP contribution in [0.2, 0.25) is 0 Å². The van der Waals surface area contributed by atoms with Gasteiger partial charge in [-0.25, -0.2) is 4.98 Å². The number of hydrogen-bond donors (Lipinski definition) is 0. The van der Waals surface area contributed by atoms with Gasteiger partial charge in [0.05, 0.1) is 17.4 Å². The topological polar surface area (TPSA) is 55.7 Å². The second-order valence-electron chi connectivity index (χ2n) is 3.10. The molecule has 0 aliphatic rings. The molecule has 4 nitrogen and oxygen atoms in total. The summed E-state index contributed by atoms with van der Waals surface area (Å²) in [5.74, 6) is 0.0857. The molecule has 0 N–H and O–H groups in total. The molecule has 0 aliphatic carbocycles. The summed E-state index contributed by atoms with van der Waals surface area (Å²) < 4.78 is 0. The van der Waals surface area contributed by atoms with Gasteiger partial charge in [-0.05, 0) is 13.0 Å². The van der Waals surface area contributed by atoms with Crippen LogP contribution in [0.1, 0.15) is 12.6 Å². The first-order chi connectivity index (χ1) is 6.75. The summed E-state index contributed by atoms with van der Waals surface area (Å²) in [6.45, 7) is 1.54. The van der Waals surface area contributed by atoms with Gasteiger partial charge in [0.25, 0.3) is 0 Å². The molecule has 0 bridgehead atoms. The number of carbonyl (C=O) groups excluding carboxylic acids is 1. The maximum Gasteiger partial charge on any atom is 0.135 e. The van der Waals surface area contributed by atoms with Gasteiger partial charge in [0.1, 0.15) is 11.3 Å². The molecule has 0 saturated carbocycles. The third kappa shape index (κ3) is 1.74. The second kappa shape index (κ2) is 3.49. The Hall–Kier alpha value is -1.84. The Morgan fingerprint density at radius 1 is 1.36 bits per heavy atom. The van der Waals surface area contributed by atoms with Gasteiger partial charge in [-0.2, -0.15) is 0 Å². The number of carbonyl (C=O) groups is 1. The Bertz CT molecular complexity index is 482. The van der Waals surface area contributed by atoms with Gasteiger partial charge in [-0.1, -0.05) is 0 Å². The zero-order valence-electron chi connectivity index (χ0n) is 7.77. The third-order valence-electron chi connectivity index (χ3n) is 1.82. The zero-order valence-corrected chi connectivity index (χ0v) is 7.77. The van der Waals surface area contributed by atoms with Crippen LogP contribution < -0.4 is 0 Å². The molecule has 0 atom stereocenters. The summed E-state index contributed by atoms with van der Waals surface area (Å²) in [4.78, 5) is 23.3. The Morgan fingerprint density at radius 2 is 2.21 bits per heavy atom. The lowest BCUT2D eigenvalue weighted by Crippen LogP contribution is -2.00. The van der Waals surface area contributed by atoms with Gasteiger partial charge in [0.15, 0.2) is 0 Å². The normalized spacial score (nSPS) is 10.4. The summed E-state index contributed by atoms with van der Waals surface area (Å²) in [6, 6.07) is 1.79. The SMILES string of the molecule is CC(=O)Cc1cnc2ccncc2n1. The highest BCUT2D eigenvalue weighted by atomic mass is 16.1. The standard InChI is InChI=1S/C10H9N3O/c1-7(14)4-8-5-12-9-2-3-11-6-10(9)13-8/h2-3,5-6H,4H2,1H3. The largest absolute Gasteiger partial charge is 0.300 e. The highest BCUT2D eigenvalue weighted by Crippen LogP contribution is 2.07. The van der Waals surface area contributed by atoms with Crippen molar-refractivity contribution < 1.29 is 4.79 Å². The fourth-order valence-corrected chi connectivity index (χ4v) is 1.24. The molecule has 14 heavy (non-hydrogen) atoms. The molecule has 0 amide bonds. The van der Waals surface area contributed by atoms with Crippen molar-refractivity contribution in [2.75, 3.05) is 0 Å². The molecule has 4 heteroatoms. The van der Waals surface area contributed by atoms with Gasteiger partial charge >= 0.3 is 0 Å². The smallest absolute Gasteiger partial charge is 0.135 e. The van der Waals surface area contributed by atoms with E-state index in [-0.39, 0.29) is 5.78 Å². The predicted octanol–water partition coefficient (Wildman–Crippen LogP) is 1.16. The lowest BCUT2D eigenvalue weighted by molar-refractivity contribution is -0.116. The van der Waals surface area contributed by atoms with Crippen LogP contribution in [0, 0.1) is 0 Å². The number of nitrogens with zero attached hydrogens (tertiary/aromatic N) is 3. The highest BCUT2D eigenvalue weighted by Gasteiger charge is 2.01. The van der Waals surface area contributed by atoms with Crippen molar-refractivity contribution in [1.29, 1.82) is 0 Å². The van der Waals surface area contributed by atoms with Gasteiger partial charge < -0.3 is 0 Å². The first kappa shape index (κ1) is 8.74. The van der Waals surface area contributed by atoms with Crippen LogP contribution in [0.3, 0.4) is 0 Å². The molecule has 2 heterocycles. The fraction of sp³-hybridized carbons (Fsp3) is 0.200. The molecule has 2 aromatic heterocycles. The van der Waals surface area contributed by atoms with Gasteiger partial charge in [0.2, 0.25) is 0 Å². The third-order valence-corrected chi connectivity index (χ3v) is 1.82. The fourth-order valence-electron chi connectivity index (χ4n) is 1.24. The van der Waals surface area contributed by atoms with Crippen molar-refractivity contribution in [2.24, 2.45) is 0 Å². The minimum Gasteiger partial charge on any atom is -0.300 e. The first-order valence-electron chi connectivity index (χ1n) is 4.31. The minimum absolute atomic E-state index is 0.0857. The Labute approximate surface area is 81.0 Å². The average molecular weight is 187 g/mol. The highest BCUT2D eigenvalue weighted by molar-refractivity contribution is 5.78. The summed E-state index contributed by atoms with van der Waals surface area (Å²) in [5, 5.41) is 0. The van der Waals surface area contributed by atoms with Crippen molar-refractivity contribution in [1.82, 2.24) is 15.0 Å². The maximum atomic E-state index is 10.9. The monoisotopic (exact) mass is 187 g/mol. The number of rotatable bonds is 2. The average Bonchev–Trinajstić information content (AvgIpc) is 2.17. The van der Waals surface area contributed by atoms with E-state index >= 15 is 0 Å². The molecular formula is C10H9N3O. The molecule has 0 radical (unpaired) electrons. The van der Waals surface area contributed by atoms with Crippen molar-refractivity contribution in [2.45, 2.75) is 13.3 Å². The van der Waals surface area contributed by atoms with E-state index in [2.05, 4.69) is 15.0 Å². The van der Waals surface area contributed by atoms with E-state index in [4.69, 9.17) is 0 Å². The van der Waals surface area contributed by atoms with E-state index < -0.39 is 0 Å². The predicted molar refractivity (Wildman–Crippen MR) is 51.7 cm³/mol. The maximum absolute atomic E-state index is 10.9. The van der Waals surface area contributed by atoms with Crippen molar-refractivity contribution in [3.8, 4) is 0 Å². The van der Waals surface area contributed by atoms with Crippen molar-refractivity contribution in [3.05, 3.63) is 30.4 Å². The Balaban J connectivity index is 2.46. The van der Waals surface area contributed by atoms with Crippen LogP contribution in [-0.4, -0.2) is 20.7 Å². The van der Waals surface area contributed by atoms with E-state index in [0.29, 0.717) is 12.1 Å². The molecule has 0 unspecified atom stereocenters. The molecule has 0 aliphatic heterocycles. The number of pyridine rings is 1. The summed E-state index contributed by atoms with van der Waals surface area (Å²) >= 11 is 0. The van der Waals surface area contributed by atoms with Crippen LogP contribution >= 0.6 is 0 Å². The van der Waals surface area contributed by atoms with Crippen molar-refractivity contribution in [3.63, 3.8) is 0 Å². The number of Topliss-reactive ketones (excluding diaryl/α,β-unsaturated/α-hetero) is 1. The Morgan fingerprint density at radius 3 is 3.00 bits per heavy atom. The lowest BCUT2D eigenvalue weighted by Gasteiger charge is -1.98. The van der Waals surface area contributed by atoms with Crippen LogP contribution in [-0.2, 0) is 11.2 Å². The zero-order chi connectivity index (χ0) is 9.97. The summed E-state index contributed by atoms with van der Waals surface area (Å²) in [5.41, 5.74) is 2.22. The van der Waals surface area contributed by atoms with Gasteiger partial charge in [-0.15, -0.1) is 0 Å². The molecule has 0 spiro atoms. The molecule has 70 valence electrons. The first-order valence-corrected chi connectivity index (χ1v) is 4.31. The van der Waals surface area contributed by atoms with E-state index in [9.17, 15) is 4.79 Å². The van der Waals surface area contributed by atoms with Crippen LogP contribution in [0.15, 0.2) is 24.7 Å². The number of fused-ring (bicyclic) bond motifs is 1.